The van der Waals surface area contributed by atoms with Crippen molar-refractivity contribution < 1.29 is 5.11 Å². The standard InChI is InChI=1S/C15H24BrN3O/c1-15(2,3)14-18-12(16)8-13(19-14)17-9-10-6-4-5-7-11(10)20/h8,10-11,20H,4-7,9H2,1-3H3,(H,17,18,19). The van der Waals surface area contributed by atoms with Gasteiger partial charge in [-0.05, 0) is 28.8 Å². The van der Waals surface area contributed by atoms with Crippen LogP contribution in [-0.2, 0) is 5.41 Å². The normalized spacial score (nSPS) is 23.6. The average Bonchev–Trinajstić information content (AvgIpc) is 2.36. The fraction of sp³-hybridized carbons (Fsp3) is 0.733. The second-order valence-electron chi connectivity index (χ2n) is 6.64. The third kappa shape index (κ3) is 4.16. The van der Waals surface area contributed by atoms with Crippen LogP contribution in [0.15, 0.2) is 10.7 Å². The van der Waals surface area contributed by atoms with Gasteiger partial charge < -0.3 is 10.4 Å². The third-order valence-electron chi connectivity index (χ3n) is 3.78. The van der Waals surface area contributed by atoms with Gasteiger partial charge in [-0.2, -0.15) is 0 Å². The summed E-state index contributed by atoms with van der Waals surface area (Å²) in [5.74, 6) is 1.98. The summed E-state index contributed by atoms with van der Waals surface area (Å²) < 4.78 is 0.795. The minimum atomic E-state index is -0.177. The zero-order valence-corrected chi connectivity index (χ0v) is 14.1. The smallest absolute Gasteiger partial charge is 0.137 e. The number of aliphatic hydroxyl groups is 1. The summed E-state index contributed by atoms with van der Waals surface area (Å²) >= 11 is 3.44. The molecule has 0 aliphatic heterocycles. The van der Waals surface area contributed by atoms with Gasteiger partial charge in [0.15, 0.2) is 0 Å². The lowest BCUT2D eigenvalue weighted by Gasteiger charge is -2.28. The van der Waals surface area contributed by atoms with Crippen molar-refractivity contribution in [1.82, 2.24) is 9.97 Å². The molecular weight excluding hydrogens is 318 g/mol. The van der Waals surface area contributed by atoms with E-state index in [4.69, 9.17) is 0 Å². The minimum Gasteiger partial charge on any atom is -0.393 e. The molecule has 112 valence electrons. The van der Waals surface area contributed by atoms with Gasteiger partial charge in [-0.15, -0.1) is 0 Å². The highest BCUT2D eigenvalue weighted by Crippen LogP contribution is 2.26. The van der Waals surface area contributed by atoms with E-state index < -0.39 is 0 Å². The molecule has 1 saturated carbocycles. The van der Waals surface area contributed by atoms with Crippen molar-refractivity contribution in [2.75, 3.05) is 11.9 Å². The van der Waals surface area contributed by atoms with Crippen LogP contribution in [0.2, 0.25) is 0 Å². The molecule has 1 aromatic rings. The number of hydrogen-bond donors (Lipinski definition) is 2. The Morgan fingerprint density at radius 2 is 2.00 bits per heavy atom. The number of aromatic nitrogens is 2. The zero-order valence-electron chi connectivity index (χ0n) is 12.5. The molecule has 1 fully saturated rings. The molecule has 0 amide bonds. The molecule has 2 unspecified atom stereocenters. The van der Waals surface area contributed by atoms with Crippen LogP contribution in [0.3, 0.4) is 0 Å². The first-order chi connectivity index (χ1) is 9.36. The SMILES string of the molecule is CC(C)(C)c1nc(Br)cc(NCC2CCCCC2O)n1. The van der Waals surface area contributed by atoms with Crippen molar-refractivity contribution in [3.8, 4) is 0 Å². The number of nitrogens with zero attached hydrogens (tertiary/aromatic N) is 2. The van der Waals surface area contributed by atoms with Gasteiger partial charge in [0, 0.05) is 23.9 Å². The van der Waals surface area contributed by atoms with E-state index in [1.165, 1.54) is 6.42 Å². The predicted octanol–water partition coefficient (Wildman–Crippen LogP) is 3.50. The van der Waals surface area contributed by atoms with Crippen LogP contribution in [0.25, 0.3) is 0 Å². The molecule has 0 aromatic carbocycles. The van der Waals surface area contributed by atoms with Gasteiger partial charge >= 0.3 is 0 Å². The number of halogens is 1. The van der Waals surface area contributed by atoms with E-state index in [0.717, 1.165) is 42.1 Å². The highest BCUT2D eigenvalue weighted by Gasteiger charge is 2.23. The topological polar surface area (TPSA) is 58.0 Å². The zero-order chi connectivity index (χ0) is 14.8. The second-order valence-corrected chi connectivity index (χ2v) is 7.45. The number of nitrogens with one attached hydrogen (secondary N) is 1. The van der Waals surface area contributed by atoms with Crippen LogP contribution >= 0.6 is 15.9 Å². The highest BCUT2D eigenvalue weighted by molar-refractivity contribution is 9.10. The molecule has 2 N–H and O–H groups in total. The Labute approximate surface area is 129 Å². The lowest BCUT2D eigenvalue weighted by Crippen LogP contribution is -2.30. The Morgan fingerprint density at radius 3 is 2.65 bits per heavy atom. The van der Waals surface area contributed by atoms with Crippen molar-refractivity contribution >= 4 is 21.7 Å². The summed E-state index contributed by atoms with van der Waals surface area (Å²) in [5, 5.41) is 13.4. The first kappa shape index (κ1) is 15.7. The molecule has 2 atom stereocenters. The number of hydrogen-bond acceptors (Lipinski definition) is 4. The van der Waals surface area contributed by atoms with E-state index in [0.29, 0.717) is 5.92 Å². The molecular formula is C15H24BrN3O. The second kappa shape index (κ2) is 6.39. The van der Waals surface area contributed by atoms with E-state index in [9.17, 15) is 5.11 Å². The number of rotatable bonds is 3. The summed E-state index contributed by atoms with van der Waals surface area (Å²) in [6.45, 7) is 7.07. The first-order valence-electron chi connectivity index (χ1n) is 7.33. The predicted molar refractivity (Wildman–Crippen MR) is 84.9 cm³/mol. The quantitative estimate of drug-likeness (QED) is 0.826. The van der Waals surface area contributed by atoms with Gasteiger partial charge in [0.1, 0.15) is 16.2 Å². The van der Waals surface area contributed by atoms with Gasteiger partial charge in [-0.25, -0.2) is 9.97 Å². The van der Waals surface area contributed by atoms with Crippen molar-refractivity contribution in [3.05, 3.63) is 16.5 Å². The van der Waals surface area contributed by atoms with Crippen LogP contribution in [0.1, 0.15) is 52.3 Å². The lowest BCUT2D eigenvalue weighted by atomic mass is 9.86. The molecule has 0 spiro atoms. The van der Waals surface area contributed by atoms with Crippen LogP contribution in [0.5, 0.6) is 0 Å². The molecule has 0 radical (unpaired) electrons. The Hall–Kier alpha value is -0.680. The Balaban J connectivity index is 2.04. The molecule has 0 saturated heterocycles. The monoisotopic (exact) mass is 341 g/mol. The van der Waals surface area contributed by atoms with Gasteiger partial charge in [-0.3, -0.25) is 0 Å². The number of anilines is 1. The van der Waals surface area contributed by atoms with Gasteiger partial charge in [-0.1, -0.05) is 33.6 Å². The minimum absolute atomic E-state index is 0.0788. The maximum Gasteiger partial charge on any atom is 0.137 e. The van der Waals surface area contributed by atoms with E-state index in [2.05, 4.69) is 52.0 Å². The number of aliphatic hydroxyl groups excluding tert-OH is 1. The van der Waals surface area contributed by atoms with E-state index >= 15 is 0 Å². The third-order valence-corrected chi connectivity index (χ3v) is 4.19. The molecule has 1 aliphatic rings. The van der Waals surface area contributed by atoms with E-state index in [-0.39, 0.29) is 11.5 Å². The Bertz CT molecular complexity index is 459. The largest absolute Gasteiger partial charge is 0.393 e. The summed E-state index contributed by atoms with van der Waals surface area (Å²) in [4.78, 5) is 9.01. The fourth-order valence-corrected chi connectivity index (χ4v) is 2.89. The molecule has 5 heteroatoms. The van der Waals surface area contributed by atoms with E-state index in [1.54, 1.807) is 0 Å². The van der Waals surface area contributed by atoms with Crippen LogP contribution in [0, 0.1) is 5.92 Å². The average molecular weight is 342 g/mol. The molecule has 0 bridgehead atoms. The summed E-state index contributed by atoms with van der Waals surface area (Å²) in [7, 11) is 0. The molecule has 20 heavy (non-hydrogen) atoms. The molecule has 4 nitrogen and oxygen atoms in total. The van der Waals surface area contributed by atoms with Crippen molar-refractivity contribution in [3.63, 3.8) is 0 Å². The Morgan fingerprint density at radius 1 is 1.30 bits per heavy atom. The van der Waals surface area contributed by atoms with Gasteiger partial charge in [0.05, 0.1) is 6.10 Å². The summed E-state index contributed by atoms with van der Waals surface area (Å²) in [5.41, 5.74) is -0.0788. The van der Waals surface area contributed by atoms with Crippen molar-refractivity contribution in [2.45, 2.75) is 58.0 Å². The molecule has 1 aliphatic carbocycles. The van der Waals surface area contributed by atoms with Crippen LogP contribution in [0.4, 0.5) is 5.82 Å². The summed E-state index contributed by atoms with van der Waals surface area (Å²) in [6.07, 6.45) is 4.19. The van der Waals surface area contributed by atoms with Crippen LogP contribution < -0.4 is 5.32 Å². The highest BCUT2D eigenvalue weighted by atomic mass is 79.9. The van der Waals surface area contributed by atoms with Crippen molar-refractivity contribution in [2.24, 2.45) is 5.92 Å². The van der Waals surface area contributed by atoms with Gasteiger partial charge in [0.25, 0.3) is 0 Å². The fourth-order valence-electron chi connectivity index (χ4n) is 2.51. The first-order valence-corrected chi connectivity index (χ1v) is 8.12. The maximum atomic E-state index is 10.0. The molecule has 1 heterocycles. The lowest BCUT2D eigenvalue weighted by molar-refractivity contribution is 0.0763. The van der Waals surface area contributed by atoms with Gasteiger partial charge in [0.2, 0.25) is 0 Å². The summed E-state index contributed by atoms with van der Waals surface area (Å²) in [6, 6.07) is 1.89. The van der Waals surface area contributed by atoms with Crippen LogP contribution in [-0.4, -0.2) is 27.7 Å². The van der Waals surface area contributed by atoms with Crippen molar-refractivity contribution in [1.29, 1.82) is 0 Å². The molecule has 2 rings (SSSR count). The Kier molecular flexibility index (Phi) is 5.02. The van der Waals surface area contributed by atoms with E-state index in [1.807, 2.05) is 6.07 Å². The maximum absolute atomic E-state index is 10.0. The molecule has 1 aromatic heterocycles.